The normalized spacial score (nSPS) is 19.6. The van der Waals surface area contributed by atoms with E-state index in [0.717, 1.165) is 0 Å². The number of rotatable bonds is 3. The molecular formula is C6H12O4. The van der Waals surface area contributed by atoms with E-state index < -0.39 is 24.1 Å². The smallest absolute Gasteiger partial charge is 0.332 e. The van der Waals surface area contributed by atoms with Crippen LogP contribution in [0.2, 0.25) is 0 Å². The molecule has 0 radical (unpaired) electrons. The van der Waals surface area contributed by atoms with Crippen LogP contribution in [0.1, 0.15) is 13.8 Å². The summed E-state index contributed by atoms with van der Waals surface area (Å²) in [7, 11) is 0. The van der Waals surface area contributed by atoms with Crippen LogP contribution in [-0.2, 0) is 4.79 Å². The van der Waals surface area contributed by atoms with Gasteiger partial charge in [0.05, 0.1) is 6.10 Å². The van der Waals surface area contributed by atoms with E-state index in [9.17, 15) is 4.79 Å². The Morgan fingerprint density at radius 1 is 1.30 bits per heavy atom. The number of aliphatic carboxylic acids is 1. The highest BCUT2D eigenvalue weighted by Crippen LogP contribution is 2.07. The summed E-state index contributed by atoms with van der Waals surface area (Å²) in [6, 6.07) is 0. The Labute approximate surface area is 59.1 Å². The second-order valence-corrected chi connectivity index (χ2v) is 2.38. The van der Waals surface area contributed by atoms with Gasteiger partial charge in [-0.15, -0.1) is 0 Å². The number of carbonyl (C=O) groups is 1. The highest BCUT2D eigenvalue weighted by molar-refractivity contribution is 5.72. The van der Waals surface area contributed by atoms with Crippen LogP contribution in [0.15, 0.2) is 0 Å². The van der Waals surface area contributed by atoms with Gasteiger partial charge < -0.3 is 15.3 Å². The van der Waals surface area contributed by atoms with Crippen LogP contribution in [0, 0.1) is 5.92 Å². The van der Waals surface area contributed by atoms with E-state index in [1.165, 1.54) is 13.8 Å². The minimum atomic E-state index is -1.47. The molecule has 0 amide bonds. The van der Waals surface area contributed by atoms with E-state index in [1.807, 2.05) is 0 Å². The Morgan fingerprint density at radius 2 is 1.70 bits per heavy atom. The molecule has 0 aliphatic rings. The first-order valence-electron chi connectivity index (χ1n) is 3.05. The van der Waals surface area contributed by atoms with Gasteiger partial charge in [-0.25, -0.2) is 4.79 Å². The fourth-order valence-corrected chi connectivity index (χ4v) is 0.489. The predicted molar refractivity (Wildman–Crippen MR) is 34.5 cm³/mol. The molecule has 3 atom stereocenters. The molecule has 0 fully saturated rings. The topological polar surface area (TPSA) is 77.8 Å². The Kier molecular flexibility index (Phi) is 3.32. The number of aliphatic hydroxyl groups is 2. The summed E-state index contributed by atoms with van der Waals surface area (Å²) in [4.78, 5) is 10.1. The quantitative estimate of drug-likeness (QED) is 0.501. The molecule has 0 bridgehead atoms. The van der Waals surface area contributed by atoms with Gasteiger partial charge in [-0.05, 0) is 6.92 Å². The van der Waals surface area contributed by atoms with Crippen LogP contribution < -0.4 is 0 Å². The summed E-state index contributed by atoms with van der Waals surface area (Å²) in [6.45, 7) is 2.92. The molecule has 0 aromatic heterocycles. The SMILES string of the molecule is CC(O)C(C)C(O)C(=O)O. The zero-order chi connectivity index (χ0) is 8.31. The summed E-state index contributed by atoms with van der Waals surface area (Å²) < 4.78 is 0. The van der Waals surface area contributed by atoms with Crippen molar-refractivity contribution in [3.05, 3.63) is 0 Å². The lowest BCUT2D eigenvalue weighted by Crippen LogP contribution is -2.33. The summed E-state index contributed by atoms with van der Waals surface area (Å²) in [5, 5.41) is 25.9. The van der Waals surface area contributed by atoms with Gasteiger partial charge in [-0.2, -0.15) is 0 Å². The molecule has 4 heteroatoms. The van der Waals surface area contributed by atoms with Gasteiger partial charge in [-0.3, -0.25) is 0 Å². The van der Waals surface area contributed by atoms with Crippen molar-refractivity contribution >= 4 is 5.97 Å². The molecule has 0 aliphatic heterocycles. The number of aliphatic hydroxyl groups excluding tert-OH is 2. The Morgan fingerprint density at radius 3 is 1.80 bits per heavy atom. The van der Waals surface area contributed by atoms with E-state index in [2.05, 4.69) is 0 Å². The Balaban J connectivity index is 3.94. The van der Waals surface area contributed by atoms with Crippen molar-refractivity contribution in [2.45, 2.75) is 26.1 Å². The molecule has 4 nitrogen and oxygen atoms in total. The highest BCUT2D eigenvalue weighted by atomic mass is 16.4. The molecule has 0 saturated heterocycles. The van der Waals surface area contributed by atoms with Crippen molar-refractivity contribution in [1.29, 1.82) is 0 Å². The maximum atomic E-state index is 10.1. The lowest BCUT2D eigenvalue weighted by atomic mass is 10.00. The first kappa shape index (κ1) is 9.39. The van der Waals surface area contributed by atoms with Gasteiger partial charge >= 0.3 is 5.97 Å². The average Bonchev–Trinajstić information content (AvgIpc) is 1.84. The Hall–Kier alpha value is -0.610. The molecular weight excluding hydrogens is 136 g/mol. The van der Waals surface area contributed by atoms with Crippen LogP contribution in [0.4, 0.5) is 0 Å². The number of carboxylic acid groups (broad SMARTS) is 1. The summed E-state index contributed by atoms with van der Waals surface area (Å²) >= 11 is 0. The first-order chi connectivity index (χ1) is 4.46. The molecule has 0 aliphatic carbocycles. The van der Waals surface area contributed by atoms with Crippen LogP contribution in [0.25, 0.3) is 0 Å². The molecule has 10 heavy (non-hydrogen) atoms. The van der Waals surface area contributed by atoms with Crippen molar-refractivity contribution in [3.63, 3.8) is 0 Å². The zero-order valence-corrected chi connectivity index (χ0v) is 5.98. The summed E-state index contributed by atoms with van der Waals surface area (Å²) in [6.07, 6.45) is -2.27. The van der Waals surface area contributed by atoms with Crippen molar-refractivity contribution in [2.24, 2.45) is 5.92 Å². The summed E-state index contributed by atoms with van der Waals surface area (Å²) in [5.41, 5.74) is 0. The molecule has 0 spiro atoms. The molecule has 0 heterocycles. The van der Waals surface area contributed by atoms with Crippen molar-refractivity contribution in [2.75, 3.05) is 0 Å². The molecule has 3 unspecified atom stereocenters. The van der Waals surface area contributed by atoms with Gasteiger partial charge in [-0.1, -0.05) is 6.92 Å². The van der Waals surface area contributed by atoms with Crippen LogP contribution in [0.5, 0.6) is 0 Å². The van der Waals surface area contributed by atoms with Gasteiger partial charge in [0.25, 0.3) is 0 Å². The number of hydrogen-bond donors (Lipinski definition) is 3. The van der Waals surface area contributed by atoms with Crippen LogP contribution in [-0.4, -0.2) is 33.5 Å². The standard InChI is InChI=1S/C6H12O4/c1-3(4(2)7)5(8)6(9)10/h3-5,7-8H,1-2H3,(H,9,10). The second kappa shape index (κ2) is 3.53. The van der Waals surface area contributed by atoms with Crippen LogP contribution >= 0.6 is 0 Å². The molecule has 0 aromatic carbocycles. The minimum Gasteiger partial charge on any atom is -0.479 e. The number of carboxylic acids is 1. The van der Waals surface area contributed by atoms with Crippen LogP contribution in [0.3, 0.4) is 0 Å². The lowest BCUT2D eigenvalue weighted by molar-refractivity contribution is -0.151. The third kappa shape index (κ3) is 2.33. The van der Waals surface area contributed by atoms with Crippen molar-refractivity contribution in [3.8, 4) is 0 Å². The van der Waals surface area contributed by atoms with Crippen molar-refractivity contribution < 1.29 is 20.1 Å². The van der Waals surface area contributed by atoms with Crippen molar-refractivity contribution in [1.82, 2.24) is 0 Å². The lowest BCUT2D eigenvalue weighted by Gasteiger charge is -2.16. The van der Waals surface area contributed by atoms with Gasteiger partial charge in [0.15, 0.2) is 6.10 Å². The summed E-state index contributed by atoms with van der Waals surface area (Å²) in [5.74, 6) is -1.93. The van der Waals surface area contributed by atoms with Gasteiger partial charge in [0, 0.05) is 5.92 Å². The third-order valence-electron chi connectivity index (χ3n) is 1.51. The molecule has 0 rings (SSSR count). The van der Waals surface area contributed by atoms with E-state index in [4.69, 9.17) is 15.3 Å². The highest BCUT2D eigenvalue weighted by Gasteiger charge is 2.24. The first-order valence-corrected chi connectivity index (χ1v) is 3.05. The molecule has 3 N–H and O–H groups in total. The largest absolute Gasteiger partial charge is 0.479 e. The molecule has 0 saturated carbocycles. The minimum absolute atomic E-state index is 0.627. The van der Waals surface area contributed by atoms with Gasteiger partial charge in [0.2, 0.25) is 0 Å². The zero-order valence-electron chi connectivity index (χ0n) is 5.98. The van der Waals surface area contributed by atoms with E-state index in [-0.39, 0.29) is 0 Å². The number of hydrogen-bond acceptors (Lipinski definition) is 3. The third-order valence-corrected chi connectivity index (χ3v) is 1.51. The second-order valence-electron chi connectivity index (χ2n) is 2.38. The molecule has 0 aromatic rings. The fraction of sp³-hybridized carbons (Fsp3) is 0.833. The van der Waals surface area contributed by atoms with E-state index in [0.29, 0.717) is 0 Å². The van der Waals surface area contributed by atoms with E-state index >= 15 is 0 Å². The maximum absolute atomic E-state index is 10.1. The molecule has 60 valence electrons. The Bertz CT molecular complexity index is 121. The predicted octanol–water partition coefficient (Wildman–Crippen LogP) is -0.551. The monoisotopic (exact) mass is 148 g/mol. The maximum Gasteiger partial charge on any atom is 0.332 e. The van der Waals surface area contributed by atoms with E-state index in [1.54, 1.807) is 0 Å². The van der Waals surface area contributed by atoms with Gasteiger partial charge in [0.1, 0.15) is 0 Å². The average molecular weight is 148 g/mol. The fourth-order valence-electron chi connectivity index (χ4n) is 0.489.